The SMILES string of the molecule is CCNC(=NCc1ccc(CN2CCCCC2)cc1)NCC1CCCN1C.I. The molecule has 158 valence electrons. The van der Waals surface area contributed by atoms with Crippen molar-refractivity contribution in [2.24, 2.45) is 4.99 Å². The van der Waals surface area contributed by atoms with Gasteiger partial charge in [0.15, 0.2) is 5.96 Å². The Morgan fingerprint density at radius 2 is 1.71 bits per heavy atom. The number of halogens is 1. The van der Waals surface area contributed by atoms with Gasteiger partial charge in [0.25, 0.3) is 0 Å². The van der Waals surface area contributed by atoms with Crippen molar-refractivity contribution in [3.8, 4) is 0 Å². The molecular weight excluding hydrogens is 461 g/mol. The van der Waals surface area contributed by atoms with Crippen LogP contribution in [0, 0.1) is 0 Å². The number of likely N-dealkylation sites (N-methyl/N-ethyl adjacent to an activating group) is 1. The van der Waals surface area contributed by atoms with Gasteiger partial charge in [-0.15, -0.1) is 24.0 Å². The van der Waals surface area contributed by atoms with Gasteiger partial charge < -0.3 is 15.5 Å². The van der Waals surface area contributed by atoms with Crippen LogP contribution in [0.3, 0.4) is 0 Å². The molecule has 1 aromatic carbocycles. The lowest BCUT2D eigenvalue weighted by atomic mass is 10.1. The van der Waals surface area contributed by atoms with Crippen LogP contribution >= 0.6 is 24.0 Å². The number of rotatable bonds is 7. The average Bonchev–Trinajstić information content (AvgIpc) is 3.11. The molecule has 2 fully saturated rings. The maximum atomic E-state index is 4.78. The zero-order chi connectivity index (χ0) is 18.9. The van der Waals surface area contributed by atoms with E-state index in [1.807, 2.05) is 0 Å². The Balaban J connectivity index is 0.00000280. The Labute approximate surface area is 188 Å². The van der Waals surface area contributed by atoms with Gasteiger partial charge in [0.2, 0.25) is 0 Å². The van der Waals surface area contributed by atoms with Gasteiger partial charge in [-0.05, 0) is 70.4 Å². The minimum atomic E-state index is 0. The Morgan fingerprint density at radius 3 is 2.36 bits per heavy atom. The van der Waals surface area contributed by atoms with Crippen molar-refractivity contribution in [1.29, 1.82) is 0 Å². The van der Waals surface area contributed by atoms with Crippen molar-refractivity contribution < 1.29 is 0 Å². The van der Waals surface area contributed by atoms with Gasteiger partial charge in [-0.1, -0.05) is 30.7 Å². The van der Waals surface area contributed by atoms with Crippen molar-refractivity contribution >= 4 is 29.9 Å². The van der Waals surface area contributed by atoms with Gasteiger partial charge in [0, 0.05) is 25.7 Å². The molecule has 2 heterocycles. The number of benzene rings is 1. The molecule has 0 radical (unpaired) electrons. The highest BCUT2D eigenvalue weighted by Crippen LogP contribution is 2.15. The lowest BCUT2D eigenvalue weighted by Gasteiger charge is -2.26. The molecule has 2 saturated heterocycles. The molecular formula is C22H38IN5. The summed E-state index contributed by atoms with van der Waals surface area (Å²) in [7, 11) is 2.22. The highest BCUT2D eigenvalue weighted by atomic mass is 127. The van der Waals surface area contributed by atoms with E-state index in [4.69, 9.17) is 4.99 Å². The number of likely N-dealkylation sites (tertiary alicyclic amines) is 2. The summed E-state index contributed by atoms with van der Waals surface area (Å²) in [4.78, 5) is 9.80. The van der Waals surface area contributed by atoms with E-state index in [9.17, 15) is 0 Å². The van der Waals surface area contributed by atoms with Gasteiger partial charge in [0.05, 0.1) is 6.54 Å². The van der Waals surface area contributed by atoms with Crippen LogP contribution in [0.5, 0.6) is 0 Å². The second-order valence-electron chi connectivity index (χ2n) is 8.01. The van der Waals surface area contributed by atoms with E-state index >= 15 is 0 Å². The topological polar surface area (TPSA) is 42.9 Å². The van der Waals surface area contributed by atoms with E-state index in [0.717, 1.165) is 32.1 Å². The second kappa shape index (κ2) is 12.6. The Kier molecular flexibility index (Phi) is 10.6. The Hall–Kier alpha value is -0.860. The first-order valence-electron chi connectivity index (χ1n) is 10.8. The van der Waals surface area contributed by atoms with Gasteiger partial charge in [-0.2, -0.15) is 0 Å². The maximum absolute atomic E-state index is 4.78. The molecule has 0 bridgehead atoms. The summed E-state index contributed by atoms with van der Waals surface area (Å²) in [5.74, 6) is 0.926. The second-order valence-corrected chi connectivity index (χ2v) is 8.01. The van der Waals surface area contributed by atoms with Crippen LogP contribution in [-0.4, -0.2) is 61.6 Å². The normalized spacial score (nSPS) is 21.4. The number of guanidine groups is 1. The third-order valence-electron chi connectivity index (χ3n) is 5.82. The number of hydrogen-bond donors (Lipinski definition) is 2. The van der Waals surface area contributed by atoms with Crippen LogP contribution in [-0.2, 0) is 13.1 Å². The van der Waals surface area contributed by atoms with E-state index in [0.29, 0.717) is 6.04 Å². The van der Waals surface area contributed by atoms with Crippen LogP contribution in [0.25, 0.3) is 0 Å². The highest BCUT2D eigenvalue weighted by molar-refractivity contribution is 14.0. The highest BCUT2D eigenvalue weighted by Gasteiger charge is 2.20. The van der Waals surface area contributed by atoms with Gasteiger partial charge in [0.1, 0.15) is 0 Å². The van der Waals surface area contributed by atoms with Crippen molar-refractivity contribution in [2.45, 2.75) is 58.2 Å². The summed E-state index contributed by atoms with van der Waals surface area (Å²) >= 11 is 0. The zero-order valence-corrected chi connectivity index (χ0v) is 20.0. The smallest absolute Gasteiger partial charge is 0.191 e. The molecule has 2 aliphatic rings. The molecule has 1 unspecified atom stereocenters. The fraction of sp³-hybridized carbons (Fsp3) is 0.682. The van der Waals surface area contributed by atoms with Gasteiger partial charge in [-0.3, -0.25) is 4.90 Å². The van der Waals surface area contributed by atoms with Crippen LogP contribution in [0.1, 0.15) is 50.2 Å². The molecule has 0 aliphatic carbocycles. The molecule has 2 N–H and O–H groups in total. The van der Waals surface area contributed by atoms with Crippen LogP contribution < -0.4 is 10.6 Å². The number of nitrogens with one attached hydrogen (secondary N) is 2. The first kappa shape index (κ1) is 23.4. The minimum absolute atomic E-state index is 0. The lowest BCUT2D eigenvalue weighted by molar-refractivity contribution is 0.221. The first-order chi connectivity index (χ1) is 13.2. The number of piperidine rings is 1. The van der Waals surface area contributed by atoms with Gasteiger partial charge >= 0.3 is 0 Å². The molecule has 0 spiro atoms. The van der Waals surface area contributed by atoms with Crippen LogP contribution in [0.2, 0.25) is 0 Å². The largest absolute Gasteiger partial charge is 0.357 e. The van der Waals surface area contributed by atoms with Crippen molar-refractivity contribution in [2.75, 3.05) is 39.8 Å². The van der Waals surface area contributed by atoms with Crippen molar-refractivity contribution in [3.05, 3.63) is 35.4 Å². The molecule has 0 amide bonds. The summed E-state index contributed by atoms with van der Waals surface area (Å²) in [5.41, 5.74) is 2.69. The fourth-order valence-electron chi connectivity index (χ4n) is 4.09. The van der Waals surface area contributed by atoms with E-state index in [-0.39, 0.29) is 24.0 Å². The summed E-state index contributed by atoms with van der Waals surface area (Å²) < 4.78 is 0. The zero-order valence-electron chi connectivity index (χ0n) is 17.6. The van der Waals surface area contributed by atoms with E-state index < -0.39 is 0 Å². The van der Waals surface area contributed by atoms with Crippen molar-refractivity contribution in [1.82, 2.24) is 20.4 Å². The molecule has 0 aromatic heterocycles. The number of aliphatic imine (C=N–C) groups is 1. The quantitative estimate of drug-likeness (QED) is 0.343. The molecule has 1 aromatic rings. The number of nitrogens with zero attached hydrogens (tertiary/aromatic N) is 3. The molecule has 0 saturated carbocycles. The Morgan fingerprint density at radius 1 is 1.00 bits per heavy atom. The van der Waals surface area contributed by atoms with E-state index in [1.165, 1.54) is 62.9 Å². The Bertz CT molecular complexity index is 583. The third kappa shape index (κ3) is 7.52. The molecule has 3 rings (SSSR count). The first-order valence-corrected chi connectivity index (χ1v) is 10.8. The summed E-state index contributed by atoms with van der Waals surface area (Å²) in [6.07, 6.45) is 6.68. The molecule has 1 atom stereocenters. The summed E-state index contributed by atoms with van der Waals surface area (Å²) in [6, 6.07) is 9.64. The summed E-state index contributed by atoms with van der Waals surface area (Å²) in [6.45, 7) is 9.50. The predicted molar refractivity (Wildman–Crippen MR) is 129 cm³/mol. The standard InChI is InChI=1S/C22H37N5.HI/c1-3-23-22(25-17-21-8-7-13-26(21)2)24-16-19-9-11-20(12-10-19)18-27-14-5-4-6-15-27;/h9-12,21H,3-8,13-18H2,1-2H3,(H2,23,24,25);1H. The molecule has 28 heavy (non-hydrogen) atoms. The number of hydrogen-bond acceptors (Lipinski definition) is 3. The minimum Gasteiger partial charge on any atom is -0.357 e. The van der Waals surface area contributed by atoms with Crippen molar-refractivity contribution in [3.63, 3.8) is 0 Å². The van der Waals surface area contributed by atoms with E-state index in [1.54, 1.807) is 0 Å². The lowest BCUT2D eigenvalue weighted by Crippen LogP contribution is -2.44. The average molecular weight is 499 g/mol. The van der Waals surface area contributed by atoms with Gasteiger partial charge in [-0.25, -0.2) is 4.99 Å². The van der Waals surface area contributed by atoms with Crippen LogP contribution in [0.15, 0.2) is 29.3 Å². The third-order valence-corrected chi connectivity index (χ3v) is 5.82. The maximum Gasteiger partial charge on any atom is 0.191 e. The van der Waals surface area contributed by atoms with E-state index in [2.05, 4.69) is 58.7 Å². The molecule has 6 heteroatoms. The molecule has 2 aliphatic heterocycles. The predicted octanol–water partition coefficient (Wildman–Crippen LogP) is 3.44. The molecule has 5 nitrogen and oxygen atoms in total. The fourth-order valence-corrected chi connectivity index (χ4v) is 4.09. The van der Waals surface area contributed by atoms with Crippen LogP contribution in [0.4, 0.5) is 0 Å². The monoisotopic (exact) mass is 499 g/mol. The summed E-state index contributed by atoms with van der Waals surface area (Å²) in [5, 5.41) is 6.89.